The van der Waals surface area contributed by atoms with Crippen molar-refractivity contribution in [2.24, 2.45) is 0 Å². The number of hydrogen-bond donors (Lipinski definition) is 1. The number of esters is 1. The van der Waals surface area contributed by atoms with Gasteiger partial charge in [0.1, 0.15) is 0 Å². The number of ether oxygens (including phenoxy) is 1. The lowest BCUT2D eigenvalue weighted by atomic mass is 10.2. The van der Waals surface area contributed by atoms with Gasteiger partial charge in [0, 0.05) is 12.1 Å². The van der Waals surface area contributed by atoms with E-state index in [1.165, 1.54) is 37.3 Å². The van der Waals surface area contributed by atoms with Crippen molar-refractivity contribution in [3.63, 3.8) is 0 Å². The molecule has 0 amide bonds. The summed E-state index contributed by atoms with van der Waals surface area (Å²) in [6, 6.07) is 7.49. The largest absolute Gasteiger partial charge is 0.462 e. The molecular weight excluding hydrogens is 384 g/mol. The zero-order valence-corrected chi connectivity index (χ0v) is 15.4. The first-order valence-corrected chi connectivity index (χ1v) is 9.26. The lowest BCUT2D eigenvalue weighted by Gasteiger charge is -2.12. The third-order valence-electron chi connectivity index (χ3n) is 3.40. The van der Waals surface area contributed by atoms with Crippen molar-refractivity contribution in [1.29, 1.82) is 0 Å². The number of sulfonamides is 1. The molecule has 0 spiro atoms. The topological polar surface area (TPSA) is 116 Å². The van der Waals surface area contributed by atoms with Crippen LogP contribution in [0.3, 0.4) is 0 Å². The Morgan fingerprint density at radius 1 is 1.27 bits per heavy atom. The fourth-order valence-corrected chi connectivity index (χ4v) is 3.76. The SMILES string of the molecule is CCOC(=O)c1ccc(NS(=O)(=O)c2cc([N+](=O)[O-])ccc2C)c(Cl)c1. The summed E-state index contributed by atoms with van der Waals surface area (Å²) in [4.78, 5) is 21.6. The summed E-state index contributed by atoms with van der Waals surface area (Å²) >= 11 is 6.05. The second kappa shape index (κ2) is 7.71. The molecule has 10 heteroatoms. The van der Waals surface area contributed by atoms with Gasteiger partial charge >= 0.3 is 5.97 Å². The van der Waals surface area contributed by atoms with Crippen LogP contribution in [-0.2, 0) is 14.8 Å². The standard InChI is InChI=1S/C16H15ClN2O6S/c1-3-25-16(20)11-5-7-14(13(17)8-11)18-26(23,24)15-9-12(19(21)22)6-4-10(15)2/h4-9,18H,3H2,1-2H3. The van der Waals surface area contributed by atoms with Crippen molar-refractivity contribution in [2.45, 2.75) is 18.7 Å². The molecule has 2 aromatic carbocycles. The molecule has 0 fully saturated rings. The molecule has 0 aliphatic rings. The number of nitro benzene ring substituents is 1. The number of nitrogens with one attached hydrogen (secondary N) is 1. The predicted molar refractivity (Wildman–Crippen MR) is 96.1 cm³/mol. The number of benzene rings is 2. The molecule has 2 rings (SSSR count). The molecule has 1 N–H and O–H groups in total. The number of anilines is 1. The lowest BCUT2D eigenvalue weighted by Crippen LogP contribution is -2.15. The summed E-state index contributed by atoms with van der Waals surface area (Å²) in [7, 11) is -4.12. The van der Waals surface area contributed by atoms with Crippen molar-refractivity contribution in [2.75, 3.05) is 11.3 Å². The smallest absolute Gasteiger partial charge is 0.338 e. The number of carbonyl (C=O) groups is 1. The minimum absolute atomic E-state index is 0.0118. The van der Waals surface area contributed by atoms with E-state index in [0.29, 0.717) is 5.56 Å². The number of hydrogen-bond acceptors (Lipinski definition) is 6. The summed E-state index contributed by atoms with van der Waals surface area (Å²) in [6.45, 7) is 3.37. The van der Waals surface area contributed by atoms with Gasteiger partial charge in [-0.3, -0.25) is 14.8 Å². The number of rotatable bonds is 6. The van der Waals surface area contributed by atoms with Gasteiger partial charge in [0.15, 0.2) is 0 Å². The van der Waals surface area contributed by atoms with Gasteiger partial charge < -0.3 is 4.74 Å². The number of nitro groups is 1. The fourth-order valence-electron chi connectivity index (χ4n) is 2.13. The van der Waals surface area contributed by atoms with Crippen LogP contribution in [0.5, 0.6) is 0 Å². The average molecular weight is 399 g/mol. The van der Waals surface area contributed by atoms with Gasteiger partial charge in [-0.15, -0.1) is 0 Å². The quantitative estimate of drug-likeness (QED) is 0.452. The first kappa shape index (κ1) is 19.7. The predicted octanol–water partition coefficient (Wildman–Crippen LogP) is 3.53. The lowest BCUT2D eigenvalue weighted by molar-refractivity contribution is -0.385. The van der Waals surface area contributed by atoms with Crippen molar-refractivity contribution in [1.82, 2.24) is 0 Å². The van der Waals surface area contributed by atoms with E-state index < -0.39 is 20.9 Å². The fraction of sp³-hybridized carbons (Fsp3) is 0.188. The minimum Gasteiger partial charge on any atom is -0.462 e. The maximum atomic E-state index is 12.6. The van der Waals surface area contributed by atoms with Gasteiger partial charge in [-0.25, -0.2) is 13.2 Å². The van der Waals surface area contributed by atoms with E-state index in [1.807, 2.05) is 0 Å². The summed E-state index contributed by atoms with van der Waals surface area (Å²) in [5.74, 6) is -0.585. The second-order valence-corrected chi connectivity index (χ2v) is 7.29. The highest BCUT2D eigenvalue weighted by molar-refractivity contribution is 7.92. The Hall–Kier alpha value is -2.65. The number of carbonyl (C=O) groups excluding carboxylic acids is 1. The second-order valence-electron chi connectivity index (χ2n) is 5.23. The van der Waals surface area contributed by atoms with Crippen LogP contribution in [0.4, 0.5) is 11.4 Å². The number of nitrogens with zero attached hydrogens (tertiary/aromatic N) is 1. The van der Waals surface area contributed by atoms with E-state index in [-0.39, 0.29) is 33.5 Å². The molecular formula is C16H15ClN2O6S. The van der Waals surface area contributed by atoms with Crippen LogP contribution in [0.1, 0.15) is 22.8 Å². The molecule has 26 heavy (non-hydrogen) atoms. The summed E-state index contributed by atoms with van der Waals surface area (Å²) < 4.78 is 32.3. The van der Waals surface area contributed by atoms with Gasteiger partial charge in [-0.1, -0.05) is 17.7 Å². The van der Waals surface area contributed by atoms with Gasteiger partial charge in [0.2, 0.25) is 0 Å². The normalized spacial score (nSPS) is 11.0. The van der Waals surface area contributed by atoms with Crippen LogP contribution < -0.4 is 4.72 Å². The number of aryl methyl sites for hydroxylation is 1. The maximum absolute atomic E-state index is 12.6. The number of halogens is 1. The average Bonchev–Trinajstić information content (AvgIpc) is 2.56. The molecule has 0 radical (unpaired) electrons. The minimum atomic E-state index is -4.12. The molecule has 0 aliphatic heterocycles. The Morgan fingerprint density at radius 2 is 1.96 bits per heavy atom. The Bertz CT molecular complexity index is 975. The van der Waals surface area contributed by atoms with Crippen molar-refractivity contribution in [3.8, 4) is 0 Å². The zero-order chi connectivity index (χ0) is 19.5. The molecule has 2 aromatic rings. The van der Waals surface area contributed by atoms with E-state index in [4.69, 9.17) is 16.3 Å². The van der Waals surface area contributed by atoms with Crippen molar-refractivity contribution in [3.05, 3.63) is 62.7 Å². The molecule has 0 heterocycles. The molecule has 0 atom stereocenters. The molecule has 0 saturated heterocycles. The highest BCUT2D eigenvalue weighted by Gasteiger charge is 2.22. The Morgan fingerprint density at radius 3 is 2.54 bits per heavy atom. The van der Waals surface area contributed by atoms with E-state index in [2.05, 4.69) is 4.72 Å². The van der Waals surface area contributed by atoms with Crippen molar-refractivity contribution < 1.29 is 22.9 Å². The molecule has 0 bridgehead atoms. The third-order valence-corrected chi connectivity index (χ3v) is 5.22. The monoisotopic (exact) mass is 398 g/mol. The van der Waals surface area contributed by atoms with Gasteiger partial charge in [0.25, 0.3) is 15.7 Å². The molecule has 0 aliphatic carbocycles. The van der Waals surface area contributed by atoms with Crippen LogP contribution in [-0.4, -0.2) is 25.9 Å². The summed E-state index contributed by atoms with van der Waals surface area (Å²) in [6.07, 6.45) is 0. The van der Waals surface area contributed by atoms with Gasteiger partial charge in [-0.05, 0) is 37.6 Å². The van der Waals surface area contributed by atoms with E-state index in [1.54, 1.807) is 6.92 Å². The van der Waals surface area contributed by atoms with Gasteiger partial charge in [0.05, 0.1) is 32.7 Å². The third kappa shape index (κ3) is 4.30. The molecule has 0 aromatic heterocycles. The first-order chi connectivity index (χ1) is 12.2. The van der Waals surface area contributed by atoms with Crippen LogP contribution in [0.15, 0.2) is 41.3 Å². The van der Waals surface area contributed by atoms with Crippen LogP contribution in [0.2, 0.25) is 5.02 Å². The van der Waals surface area contributed by atoms with E-state index in [0.717, 1.165) is 6.07 Å². The Labute approximate surface area is 154 Å². The highest BCUT2D eigenvalue weighted by atomic mass is 35.5. The number of non-ortho nitro benzene ring substituents is 1. The zero-order valence-electron chi connectivity index (χ0n) is 13.9. The first-order valence-electron chi connectivity index (χ1n) is 7.40. The maximum Gasteiger partial charge on any atom is 0.338 e. The summed E-state index contributed by atoms with van der Waals surface area (Å²) in [5, 5.41) is 10.9. The summed E-state index contributed by atoms with van der Waals surface area (Å²) in [5.41, 5.74) is 0.194. The van der Waals surface area contributed by atoms with E-state index in [9.17, 15) is 23.3 Å². The van der Waals surface area contributed by atoms with Gasteiger partial charge in [-0.2, -0.15) is 0 Å². The molecule has 0 saturated carbocycles. The van der Waals surface area contributed by atoms with E-state index >= 15 is 0 Å². The van der Waals surface area contributed by atoms with Crippen LogP contribution >= 0.6 is 11.6 Å². The molecule has 8 nitrogen and oxygen atoms in total. The van der Waals surface area contributed by atoms with Crippen LogP contribution in [0, 0.1) is 17.0 Å². The Kier molecular flexibility index (Phi) is 5.83. The highest BCUT2D eigenvalue weighted by Crippen LogP contribution is 2.28. The van der Waals surface area contributed by atoms with Crippen molar-refractivity contribution >= 4 is 39.0 Å². The Balaban J connectivity index is 2.37. The molecule has 138 valence electrons. The molecule has 0 unspecified atom stereocenters. The van der Waals surface area contributed by atoms with Crippen LogP contribution in [0.25, 0.3) is 0 Å².